The predicted octanol–water partition coefficient (Wildman–Crippen LogP) is 2.33. The minimum absolute atomic E-state index is 0.115. The van der Waals surface area contributed by atoms with Crippen LogP contribution in [-0.2, 0) is 6.54 Å². The fraction of sp³-hybridized carbons (Fsp3) is 0.167. The molecule has 0 unspecified atom stereocenters. The van der Waals surface area contributed by atoms with Gasteiger partial charge in [0.15, 0.2) is 5.65 Å². The van der Waals surface area contributed by atoms with Crippen molar-refractivity contribution in [1.82, 2.24) is 20.0 Å². The summed E-state index contributed by atoms with van der Waals surface area (Å²) >= 11 is 0. The first kappa shape index (κ1) is 11.6. The number of fused-ring (bicyclic) bond motifs is 1. The zero-order valence-electron chi connectivity index (χ0n) is 9.85. The van der Waals surface area contributed by atoms with Crippen LogP contribution >= 0.6 is 0 Å². The molecule has 0 saturated heterocycles. The molecular weight excluding hydrogens is 252 g/mol. The maximum Gasteiger partial charge on any atom is 0.282 e. The molecule has 0 amide bonds. The van der Waals surface area contributed by atoms with E-state index in [2.05, 4.69) is 15.3 Å². The van der Waals surface area contributed by atoms with Crippen molar-refractivity contribution < 1.29 is 8.78 Å². The Morgan fingerprint density at radius 1 is 1.26 bits per heavy atom. The Kier molecular flexibility index (Phi) is 2.66. The molecule has 2 aromatic heterocycles. The predicted molar refractivity (Wildman–Crippen MR) is 66.8 cm³/mol. The van der Waals surface area contributed by atoms with Gasteiger partial charge in [0, 0.05) is 0 Å². The number of rotatable bonds is 3. The van der Waals surface area contributed by atoms with Crippen LogP contribution in [0, 0.1) is 0 Å². The van der Waals surface area contributed by atoms with Crippen LogP contribution < -0.4 is 5.73 Å². The quantitative estimate of drug-likeness (QED) is 0.761. The van der Waals surface area contributed by atoms with Crippen LogP contribution in [0.25, 0.3) is 11.0 Å². The number of nitrogens with zero attached hydrogens (tertiary/aromatic N) is 3. The van der Waals surface area contributed by atoms with Crippen molar-refractivity contribution >= 4 is 16.9 Å². The van der Waals surface area contributed by atoms with Gasteiger partial charge in [-0.15, -0.1) is 0 Å². The summed E-state index contributed by atoms with van der Waals surface area (Å²) in [6, 6.07) is 9.43. The van der Waals surface area contributed by atoms with Gasteiger partial charge in [-0.25, -0.2) is 13.5 Å². The summed E-state index contributed by atoms with van der Waals surface area (Å²) in [4.78, 5) is 0. The van der Waals surface area contributed by atoms with E-state index < -0.39 is 6.43 Å². The van der Waals surface area contributed by atoms with Crippen molar-refractivity contribution in [3.63, 3.8) is 0 Å². The average Bonchev–Trinajstić information content (AvgIpc) is 2.93. The van der Waals surface area contributed by atoms with Crippen molar-refractivity contribution in [1.29, 1.82) is 0 Å². The number of nitrogens with one attached hydrogen (secondary N) is 1. The zero-order chi connectivity index (χ0) is 13.4. The molecule has 98 valence electrons. The number of aromatic amines is 1. The van der Waals surface area contributed by atoms with Crippen molar-refractivity contribution in [2.24, 2.45) is 0 Å². The topological polar surface area (TPSA) is 72.5 Å². The van der Waals surface area contributed by atoms with Crippen LogP contribution in [0.3, 0.4) is 0 Å². The molecule has 0 saturated carbocycles. The highest BCUT2D eigenvalue weighted by atomic mass is 19.3. The fourth-order valence-corrected chi connectivity index (χ4v) is 2.03. The number of alkyl halides is 2. The molecule has 2 heterocycles. The Labute approximate surface area is 107 Å². The number of hydrogen-bond acceptors (Lipinski definition) is 3. The van der Waals surface area contributed by atoms with E-state index >= 15 is 0 Å². The summed E-state index contributed by atoms with van der Waals surface area (Å²) < 4.78 is 27.3. The first-order valence-electron chi connectivity index (χ1n) is 5.69. The third-order valence-corrected chi connectivity index (χ3v) is 2.89. The van der Waals surface area contributed by atoms with Gasteiger partial charge in [-0.2, -0.15) is 10.2 Å². The summed E-state index contributed by atoms with van der Waals surface area (Å²) in [6.45, 7) is 0.369. The van der Waals surface area contributed by atoms with Crippen LogP contribution in [0.1, 0.15) is 17.7 Å². The molecule has 19 heavy (non-hydrogen) atoms. The van der Waals surface area contributed by atoms with Gasteiger partial charge in [0.05, 0.1) is 11.9 Å². The number of halogens is 2. The summed E-state index contributed by atoms with van der Waals surface area (Å²) in [6.07, 6.45) is -2.68. The van der Waals surface area contributed by atoms with E-state index in [1.807, 2.05) is 30.3 Å². The lowest BCUT2D eigenvalue weighted by Gasteiger charge is -2.01. The van der Waals surface area contributed by atoms with Crippen LogP contribution in [0.2, 0.25) is 0 Å². The number of nitrogen functional groups attached to an aromatic ring is 1. The molecule has 0 fully saturated rings. The summed E-state index contributed by atoms with van der Waals surface area (Å²) in [7, 11) is 0. The molecule has 0 bridgehead atoms. The van der Waals surface area contributed by atoms with Gasteiger partial charge >= 0.3 is 0 Å². The van der Waals surface area contributed by atoms with Crippen LogP contribution in [0.5, 0.6) is 0 Å². The zero-order valence-corrected chi connectivity index (χ0v) is 9.85. The van der Waals surface area contributed by atoms with Gasteiger partial charge in [-0.05, 0) is 5.56 Å². The molecule has 0 atom stereocenters. The summed E-state index contributed by atoms with van der Waals surface area (Å²) in [5, 5.41) is 10.6. The highest BCUT2D eigenvalue weighted by Crippen LogP contribution is 2.29. The average molecular weight is 263 g/mol. The van der Waals surface area contributed by atoms with Gasteiger partial charge in [0.2, 0.25) is 0 Å². The Bertz CT molecular complexity index is 702. The first-order chi connectivity index (χ1) is 9.16. The number of anilines is 1. The molecular formula is C12H11F2N5. The number of benzene rings is 1. The second kappa shape index (κ2) is 4.34. The standard InChI is InChI=1S/C12H11F2N5/c13-10(14)9-8-11(15)16-17-12(8)19(18-9)6-7-4-2-1-3-5-7/h1-5,10H,6H2,(H3,15,16,17). The van der Waals surface area contributed by atoms with Gasteiger partial charge in [0.1, 0.15) is 11.5 Å². The van der Waals surface area contributed by atoms with E-state index in [1.54, 1.807) is 0 Å². The van der Waals surface area contributed by atoms with Crippen molar-refractivity contribution in [2.75, 3.05) is 5.73 Å². The van der Waals surface area contributed by atoms with Gasteiger partial charge in [-0.1, -0.05) is 30.3 Å². The minimum Gasteiger partial charge on any atom is -0.383 e. The van der Waals surface area contributed by atoms with E-state index in [0.29, 0.717) is 12.2 Å². The smallest absolute Gasteiger partial charge is 0.282 e. The Hall–Kier alpha value is -2.44. The van der Waals surface area contributed by atoms with Crippen molar-refractivity contribution in [3.05, 3.63) is 41.6 Å². The molecule has 0 aliphatic carbocycles. The van der Waals surface area contributed by atoms with E-state index in [1.165, 1.54) is 4.68 Å². The number of hydrogen-bond donors (Lipinski definition) is 2. The van der Waals surface area contributed by atoms with Crippen molar-refractivity contribution in [2.45, 2.75) is 13.0 Å². The monoisotopic (exact) mass is 263 g/mol. The normalized spacial score (nSPS) is 11.5. The molecule has 1 aromatic carbocycles. The fourth-order valence-electron chi connectivity index (χ4n) is 2.03. The number of H-pyrrole nitrogens is 1. The Balaban J connectivity index is 2.09. The minimum atomic E-state index is -2.68. The van der Waals surface area contributed by atoms with Crippen LogP contribution in [-0.4, -0.2) is 20.0 Å². The number of aromatic nitrogens is 4. The van der Waals surface area contributed by atoms with Crippen molar-refractivity contribution in [3.8, 4) is 0 Å². The molecule has 0 radical (unpaired) electrons. The van der Waals surface area contributed by atoms with Gasteiger partial charge < -0.3 is 5.73 Å². The highest BCUT2D eigenvalue weighted by Gasteiger charge is 2.22. The maximum atomic E-state index is 12.9. The van der Waals surface area contributed by atoms with Crippen LogP contribution in [0.15, 0.2) is 30.3 Å². The molecule has 5 nitrogen and oxygen atoms in total. The molecule has 3 N–H and O–H groups in total. The lowest BCUT2D eigenvalue weighted by molar-refractivity contribution is 0.146. The third-order valence-electron chi connectivity index (χ3n) is 2.89. The Morgan fingerprint density at radius 3 is 2.68 bits per heavy atom. The molecule has 0 spiro atoms. The second-order valence-electron chi connectivity index (χ2n) is 4.17. The van der Waals surface area contributed by atoms with E-state index in [4.69, 9.17) is 5.73 Å². The largest absolute Gasteiger partial charge is 0.383 e. The van der Waals surface area contributed by atoms with Crippen LogP contribution in [0.4, 0.5) is 14.6 Å². The Morgan fingerprint density at radius 2 is 2.00 bits per heavy atom. The summed E-state index contributed by atoms with van der Waals surface area (Å²) in [5.74, 6) is 0.115. The molecule has 3 rings (SSSR count). The van der Waals surface area contributed by atoms with Gasteiger partial charge in [0.25, 0.3) is 6.43 Å². The molecule has 3 aromatic rings. The lowest BCUT2D eigenvalue weighted by Crippen LogP contribution is -2.03. The SMILES string of the molecule is Nc1[nH]nc2c1c(C(F)F)nn2Cc1ccccc1. The first-order valence-corrected chi connectivity index (χ1v) is 5.69. The van der Waals surface area contributed by atoms with E-state index in [0.717, 1.165) is 5.56 Å². The van der Waals surface area contributed by atoms with E-state index in [-0.39, 0.29) is 16.9 Å². The third kappa shape index (κ3) is 1.92. The maximum absolute atomic E-state index is 12.9. The molecule has 0 aliphatic heterocycles. The molecule has 0 aliphatic rings. The van der Waals surface area contributed by atoms with E-state index in [9.17, 15) is 8.78 Å². The number of nitrogens with two attached hydrogens (primary N) is 1. The second-order valence-corrected chi connectivity index (χ2v) is 4.17. The molecule has 7 heteroatoms. The van der Waals surface area contributed by atoms with Gasteiger partial charge in [-0.3, -0.25) is 5.10 Å². The lowest BCUT2D eigenvalue weighted by atomic mass is 10.2. The highest BCUT2D eigenvalue weighted by molar-refractivity contribution is 5.89. The summed E-state index contributed by atoms with van der Waals surface area (Å²) in [5.41, 5.74) is 6.58.